The lowest BCUT2D eigenvalue weighted by Gasteiger charge is -1.65. The molecule has 0 aliphatic heterocycles. The molecule has 0 atom stereocenters. The predicted molar refractivity (Wildman–Crippen MR) is 28.7 cm³/mol. The van der Waals surface area contributed by atoms with Crippen molar-refractivity contribution in [3.63, 3.8) is 0 Å². The van der Waals surface area contributed by atoms with Crippen LogP contribution in [0.4, 0.5) is 0 Å². The van der Waals surface area contributed by atoms with Crippen LogP contribution in [-0.2, 0) is 0 Å². The third-order valence-electron chi connectivity index (χ3n) is 0.471. The number of hydrogen-bond donors (Lipinski definition) is 0. The molecular weight excluding hydrogens is 76.1 g/mol. The molecule has 38 valence electrons. The minimum atomic E-state index is 0. The zero-order valence-corrected chi connectivity index (χ0v) is 4.36. The quantitative estimate of drug-likeness (QED) is 0.430. The number of rotatable bonds is 1. The van der Waals surface area contributed by atoms with Crippen molar-refractivity contribution in [3.8, 4) is 0 Å². The minimum Gasteiger partial charge on any atom is -0.412 e. The third kappa shape index (κ3) is 9.33. The zero-order valence-electron chi connectivity index (χ0n) is 4.36. The molecule has 1 nitrogen and oxygen atoms in total. The van der Waals surface area contributed by atoms with E-state index in [1.165, 1.54) is 0 Å². The smallest absolute Gasteiger partial charge is 0.0379 e. The van der Waals surface area contributed by atoms with Gasteiger partial charge in [0.1, 0.15) is 0 Å². The minimum absolute atomic E-state index is 0. The maximum Gasteiger partial charge on any atom is -0.0379 e. The lowest BCUT2D eigenvalue weighted by atomic mass is 10.4. The summed E-state index contributed by atoms with van der Waals surface area (Å²) in [6.45, 7) is 4.16. The Morgan fingerprint density at radius 2 is 2.00 bits per heavy atom. The zero-order chi connectivity index (χ0) is 4.12. The van der Waals surface area contributed by atoms with Crippen molar-refractivity contribution in [2.24, 2.45) is 0 Å². The van der Waals surface area contributed by atoms with E-state index in [0.29, 0.717) is 0 Å². The molecular formula is C5H12O. The van der Waals surface area contributed by atoms with Gasteiger partial charge in [0.15, 0.2) is 0 Å². The van der Waals surface area contributed by atoms with Crippen LogP contribution in [0.25, 0.3) is 0 Å². The summed E-state index contributed by atoms with van der Waals surface area (Å²) >= 11 is 0. The Morgan fingerprint density at radius 3 is 2.00 bits per heavy atom. The molecule has 0 spiro atoms. The maximum atomic E-state index is 2.12. The summed E-state index contributed by atoms with van der Waals surface area (Å²) in [6, 6.07) is 0. The largest absolute Gasteiger partial charge is 0.412 e. The van der Waals surface area contributed by atoms with E-state index in [4.69, 9.17) is 0 Å². The summed E-state index contributed by atoms with van der Waals surface area (Å²) in [4.78, 5) is 0. The van der Waals surface area contributed by atoms with Crippen molar-refractivity contribution in [1.82, 2.24) is 0 Å². The standard InChI is InChI=1S/C5H10.H2O/c1-3-5-4-2;/h3,5H,4H2,1-2H3;1H2/b5-3+;. The normalized spacial score (nSPS) is 8.33. The third-order valence-corrected chi connectivity index (χ3v) is 0.471. The van der Waals surface area contributed by atoms with Crippen molar-refractivity contribution >= 4 is 0 Å². The first kappa shape index (κ1) is 9.20. The van der Waals surface area contributed by atoms with Gasteiger partial charge in [0.2, 0.25) is 0 Å². The van der Waals surface area contributed by atoms with E-state index in [-0.39, 0.29) is 5.48 Å². The molecule has 0 aromatic heterocycles. The molecule has 0 radical (unpaired) electrons. The van der Waals surface area contributed by atoms with Gasteiger partial charge in [-0.3, -0.25) is 0 Å². The fraction of sp³-hybridized carbons (Fsp3) is 0.600. The average molecular weight is 88.2 g/mol. The van der Waals surface area contributed by atoms with Crippen LogP contribution in [-0.4, -0.2) is 5.48 Å². The SMILES string of the molecule is C/C=C/CC.O. The van der Waals surface area contributed by atoms with Crippen molar-refractivity contribution in [2.45, 2.75) is 20.3 Å². The molecule has 0 unspecified atom stereocenters. The molecule has 0 aromatic rings. The first-order valence-corrected chi connectivity index (χ1v) is 2.03. The maximum absolute atomic E-state index is 2.12. The predicted octanol–water partition coefficient (Wildman–Crippen LogP) is 1.15. The van der Waals surface area contributed by atoms with E-state index in [1.807, 2.05) is 6.92 Å². The molecule has 0 saturated heterocycles. The fourth-order valence-electron chi connectivity index (χ4n) is 0.236. The van der Waals surface area contributed by atoms with Gasteiger partial charge in [0.05, 0.1) is 0 Å². The van der Waals surface area contributed by atoms with Gasteiger partial charge in [0, 0.05) is 0 Å². The molecule has 0 aromatic carbocycles. The van der Waals surface area contributed by atoms with Crippen LogP contribution in [0.15, 0.2) is 12.2 Å². The van der Waals surface area contributed by atoms with Crippen LogP contribution in [0.3, 0.4) is 0 Å². The summed E-state index contributed by atoms with van der Waals surface area (Å²) in [5.74, 6) is 0. The van der Waals surface area contributed by atoms with Gasteiger partial charge in [-0.2, -0.15) is 0 Å². The molecule has 0 rings (SSSR count). The molecule has 0 aliphatic carbocycles. The second-order valence-corrected chi connectivity index (χ2v) is 0.977. The average Bonchev–Trinajstić information content (AvgIpc) is 1.41. The topological polar surface area (TPSA) is 31.5 Å². The van der Waals surface area contributed by atoms with Gasteiger partial charge in [-0.1, -0.05) is 19.1 Å². The van der Waals surface area contributed by atoms with Gasteiger partial charge >= 0.3 is 0 Å². The van der Waals surface area contributed by atoms with Crippen LogP contribution in [0, 0.1) is 0 Å². The highest BCUT2D eigenvalue weighted by Crippen LogP contribution is 1.73. The van der Waals surface area contributed by atoms with Crippen molar-refractivity contribution in [3.05, 3.63) is 12.2 Å². The summed E-state index contributed by atoms with van der Waals surface area (Å²) in [6.07, 6.45) is 5.34. The highest BCUT2D eigenvalue weighted by molar-refractivity contribution is 4.73. The Labute approximate surface area is 39.0 Å². The number of allylic oxidation sites excluding steroid dienone is 2. The van der Waals surface area contributed by atoms with Gasteiger partial charge in [-0.25, -0.2) is 0 Å². The van der Waals surface area contributed by atoms with Crippen molar-refractivity contribution < 1.29 is 5.48 Å². The van der Waals surface area contributed by atoms with E-state index in [1.54, 1.807) is 0 Å². The van der Waals surface area contributed by atoms with Crippen molar-refractivity contribution in [1.29, 1.82) is 0 Å². The molecule has 6 heavy (non-hydrogen) atoms. The lowest BCUT2D eigenvalue weighted by molar-refractivity contribution is 0.824. The van der Waals surface area contributed by atoms with E-state index in [9.17, 15) is 0 Å². The second kappa shape index (κ2) is 8.83. The van der Waals surface area contributed by atoms with Gasteiger partial charge in [0.25, 0.3) is 0 Å². The van der Waals surface area contributed by atoms with Gasteiger partial charge < -0.3 is 5.48 Å². The molecule has 0 heterocycles. The summed E-state index contributed by atoms with van der Waals surface area (Å²) < 4.78 is 0. The van der Waals surface area contributed by atoms with E-state index in [0.717, 1.165) is 6.42 Å². The van der Waals surface area contributed by atoms with E-state index < -0.39 is 0 Å². The fourth-order valence-corrected chi connectivity index (χ4v) is 0.236. The Morgan fingerprint density at radius 1 is 1.50 bits per heavy atom. The summed E-state index contributed by atoms with van der Waals surface area (Å²) in [5.41, 5.74) is 0. The molecule has 1 heteroatoms. The van der Waals surface area contributed by atoms with Gasteiger partial charge in [-0.15, -0.1) is 0 Å². The monoisotopic (exact) mass is 88.1 g/mol. The van der Waals surface area contributed by atoms with Crippen LogP contribution in [0.5, 0.6) is 0 Å². The number of hydrogen-bond acceptors (Lipinski definition) is 0. The molecule has 0 bridgehead atoms. The summed E-state index contributed by atoms with van der Waals surface area (Å²) in [5, 5.41) is 0. The van der Waals surface area contributed by atoms with Gasteiger partial charge in [-0.05, 0) is 13.3 Å². The Hall–Kier alpha value is -0.300. The van der Waals surface area contributed by atoms with E-state index >= 15 is 0 Å². The van der Waals surface area contributed by atoms with Crippen LogP contribution in [0.1, 0.15) is 20.3 Å². The molecule has 2 N–H and O–H groups in total. The molecule has 0 amide bonds. The lowest BCUT2D eigenvalue weighted by Crippen LogP contribution is -1.43. The van der Waals surface area contributed by atoms with Crippen LogP contribution < -0.4 is 0 Å². The first-order chi connectivity index (χ1) is 2.41. The Balaban J connectivity index is 0. The highest BCUT2D eigenvalue weighted by Gasteiger charge is 1.52. The Bertz CT molecular complexity index is 30.9. The summed E-state index contributed by atoms with van der Waals surface area (Å²) in [7, 11) is 0. The molecule has 0 aliphatic rings. The van der Waals surface area contributed by atoms with Crippen LogP contribution >= 0.6 is 0 Å². The second-order valence-electron chi connectivity index (χ2n) is 0.977. The van der Waals surface area contributed by atoms with E-state index in [2.05, 4.69) is 19.1 Å². The van der Waals surface area contributed by atoms with Crippen molar-refractivity contribution in [2.75, 3.05) is 0 Å². The van der Waals surface area contributed by atoms with Crippen LogP contribution in [0.2, 0.25) is 0 Å². The molecule has 0 fully saturated rings. The Kier molecular flexibility index (Phi) is 13.5. The molecule has 0 saturated carbocycles. The highest BCUT2D eigenvalue weighted by atomic mass is 16.0. The first-order valence-electron chi connectivity index (χ1n) is 2.03.